The van der Waals surface area contributed by atoms with Crippen LogP contribution in [0.15, 0.2) is 10.6 Å². The average Bonchev–Trinajstić information content (AvgIpc) is 2.68. The third-order valence-corrected chi connectivity index (χ3v) is 2.87. The van der Waals surface area contributed by atoms with Crippen molar-refractivity contribution in [3.8, 4) is 0 Å². The number of rotatable bonds is 4. The highest BCUT2D eigenvalue weighted by Crippen LogP contribution is 2.17. The van der Waals surface area contributed by atoms with Gasteiger partial charge in [-0.2, -0.15) is 0 Å². The molecule has 1 aromatic heterocycles. The van der Waals surface area contributed by atoms with Crippen molar-refractivity contribution < 1.29 is 4.42 Å². The van der Waals surface area contributed by atoms with Gasteiger partial charge in [0.15, 0.2) is 5.89 Å². The smallest absolute Gasteiger partial charge is 0.194 e. The van der Waals surface area contributed by atoms with Gasteiger partial charge in [-0.05, 0) is 38.9 Å². The van der Waals surface area contributed by atoms with E-state index in [0.29, 0.717) is 0 Å². The molecule has 0 aliphatic carbocycles. The molecule has 0 radical (unpaired) electrons. The average molecular weight is 209 g/mol. The summed E-state index contributed by atoms with van der Waals surface area (Å²) in [6, 6.07) is 0. The van der Waals surface area contributed by atoms with E-state index in [9.17, 15) is 0 Å². The van der Waals surface area contributed by atoms with Gasteiger partial charge in [-0.25, -0.2) is 4.98 Å². The molecule has 4 nitrogen and oxygen atoms in total. The van der Waals surface area contributed by atoms with E-state index in [1.807, 2.05) is 13.2 Å². The lowest BCUT2D eigenvalue weighted by Crippen LogP contribution is -2.28. The van der Waals surface area contributed by atoms with Gasteiger partial charge in [0.05, 0.1) is 12.7 Å². The first-order chi connectivity index (χ1) is 7.38. The molecule has 2 rings (SSSR count). The van der Waals surface area contributed by atoms with E-state index in [0.717, 1.165) is 43.6 Å². The van der Waals surface area contributed by atoms with Crippen molar-refractivity contribution in [3.63, 3.8) is 0 Å². The fourth-order valence-electron chi connectivity index (χ4n) is 2.03. The Morgan fingerprint density at radius 3 is 3.07 bits per heavy atom. The third-order valence-electron chi connectivity index (χ3n) is 2.87. The van der Waals surface area contributed by atoms with Crippen LogP contribution in [0.25, 0.3) is 0 Å². The van der Waals surface area contributed by atoms with Crippen LogP contribution < -0.4 is 10.6 Å². The predicted octanol–water partition coefficient (Wildman–Crippen LogP) is 0.936. The van der Waals surface area contributed by atoms with Crippen LogP contribution >= 0.6 is 0 Å². The van der Waals surface area contributed by atoms with Crippen LogP contribution in [0.4, 0.5) is 0 Å². The summed E-state index contributed by atoms with van der Waals surface area (Å²) < 4.78 is 5.63. The first-order valence-electron chi connectivity index (χ1n) is 5.67. The summed E-state index contributed by atoms with van der Waals surface area (Å²) in [6.07, 6.45) is 5.30. The maximum atomic E-state index is 5.63. The molecule has 4 heteroatoms. The quantitative estimate of drug-likeness (QED) is 0.774. The van der Waals surface area contributed by atoms with Crippen molar-refractivity contribution in [3.05, 3.63) is 17.8 Å². The summed E-state index contributed by atoms with van der Waals surface area (Å²) in [5.74, 6) is 2.57. The number of piperidine rings is 1. The van der Waals surface area contributed by atoms with E-state index in [2.05, 4.69) is 15.6 Å². The minimum atomic E-state index is 0.743. The molecule has 1 aromatic rings. The van der Waals surface area contributed by atoms with E-state index < -0.39 is 0 Å². The Morgan fingerprint density at radius 2 is 2.33 bits per heavy atom. The molecule has 0 unspecified atom stereocenters. The topological polar surface area (TPSA) is 50.1 Å². The first-order valence-corrected chi connectivity index (χ1v) is 5.67. The zero-order chi connectivity index (χ0) is 10.5. The number of oxazole rings is 1. The highest BCUT2D eigenvalue weighted by atomic mass is 16.4. The predicted molar refractivity (Wildman–Crippen MR) is 58.6 cm³/mol. The lowest BCUT2D eigenvalue weighted by molar-refractivity contribution is 0.335. The lowest BCUT2D eigenvalue weighted by atomic mass is 9.95. The Morgan fingerprint density at radius 1 is 1.53 bits per heavy atom. The number of hydrogen-bond acceptors (Lipinski definition) is 4. The van der Waals surface area contributed by atoms with Crippen LogP contribution in [0.1, 0.15) is 24.5 Å². The van der Waals surface area contributed by atoms with E-state index in [4.69, 9.17) is 4.42 Å². The number of hydrogen-bond donors (Lipinski definition) is 2. The molecule has 0 atom stereocenters. The Labute approximate surface area is 90.5 Å². The molecule has 0 spiro atoms. The minimum Gasteiger partial charge on any atom is -0.444 e. The Kier molecular flexibility index (Phi) is 3.75. The zero-order valence-electron chi connectivity index (χ0n) is 9.25. The van der Waals surface area contributed by atoms with Gasteiger partial charge in [-0.1, -0.05) is 0 Å². The summed E-state index contributed by atoms with van der Waals surface area (Å²) in [6.45, 7) is 3.03. The number of aromatic nitrogens is 1. The van der Waals surface area contributed by atoms with Crippen LogP contribution in [0.2, 0.25) is 0 Å². The van der Waals surface area contributed by atoms with Crippen LogP contribution in [-0.2, 0) is 13.0 Å². The molecule has 1 aliphatic heterocycles. The van der Waals surface area contributed by atoms with Gasteiger partial charge in [0.25, 0.3) is 0 Å². The second-order valence-corrected chi connectivity index (χ2v) is 4.15. The zero-order valence-corrected chi connectivity index (χ0v) is 9.25. The summed E-state index contributed by atoms with van der Waals surface area (Å²) >= 11 is 0. The third kappa shape index (κ3) is 3.04. The standard InChI is InChI=1S/C11H19N3O/c1-12-7-10-8-14-11(15-10)6-9-2-4-13-5-3-9/h8-9,12-13H,2-7H2,1H3. The molecular formula is C11H19N3O. The summed E-state index contributed by atoms with van der Waals surface area (Å²) in [5, 5.41) is 6.42. The van der Waals surface area contributed by atoms with Crippen molar-refractivity contribution >= 4 is 0 Å². The molecule has 1 aliphatic rings. The van der Waals surface area contributed by atoms with E-state index in [1.54, 1.807) is 0 Å². The van der Waals surface area contributed by atoms with Gasteiger partial charge in [0.2, 0.25) is 0 Å². The van der Waals surface area contributed by atoms with Gasteiger partial charge in [0, 0.05) is 6.42 Å². The van der Waals surface area contributed by atoms with Crippen LogP contribution in [0, 0.1) is 5.92 Å². The maximum absolute atomic E-state index is 5.63. The molecule has 1 fully saturated rings. The normalized spacial score (nSPS) is 18.2. The Balaban J connectivity index is 1.86. The molecule has 0 amide bonds. The second kappa shape index (κ2) is 5.28. The first kappa shape index (κ1) is 10.6. The van der Waals surface area contributed by atoms with Gasteiger partial charge in [-0.15, -0.1) is 0 Å². The molecule has 0 bridgehead atoms. The molecule has 2 N–H and O–H groups in total. The van der Waals surface area contributed by atoms with Gasteiger partial charge in [0.1, 0.15) is 5.76 Å². The van der Waals surface area contributed by atoms with Crippen LogP contribution in [-0.4, -0.2) is 25.1 Å². The highest BCUT2D eigenvalue weighted by molar-refractivity contribution is 4.95. The molecule has 0 saturated carbocycles. The molecule has 84 valence electrons. The number of nitrogens with zero attached hydrogens (tertiary/aromatic N) is 1. The van der Waals surface area contributed by atoms with Crippen molar-refractivity contribution in [1.82, 2.24) is 15.6 Å². The van der Waals surface area contributed by atoms with Gasteiger partial charge >= 0.3 is 0 Å². The largest absolute Gasteiger partial charge is 0.444 e. The summed E-state index contributed by atoms with van der Waals surface area (Å²) in [4.78, 5) is 4.30. The maximum Gasteiger partial charge on any atom is 0.194 e. The molecule has 0 aromatic carbocycles. The molecule has 2 heterocycles. The van der Waals surface area contributed by atoms with E-state index in [1.165, 1.54) is 12.8 Å². The van der Waals surface area contributed by atoms with Gasteiger partial charge in [-0.3, -0.25) is 0 Å². The number of nitrogens with one attached hydrogen (secondary N) is 2. The fraction of sp³-hybridized carbons (Fsp3) is 0.727. The summed E-state index contributed by atoms with van der Waals surface area (Å²) in [7, 11) is 1.91. The molecule has 1 saturated heterocycles. The summed E-state index contributed by atoms with van der Waals surface area (Å²) in [5.41, 5.74) is 0. The fourth-order valence-corrected chi connectivity index (χ4v) is 2.03. The second-order valence-electron chi connectivity index (χ2n) is 4.15. The highest BCUT2D eigenvalue weighted by Gasteiger charge is 2.16. The minimum absolute atomic E-state index is 0.743. The Bertz CT molecular complexity index is 292. The van der Waals surface area contributed by atoms with Crippen molar-refractivity contribution in [1.29, 1.82) is 0 Å². The van der Waals surface area contributed by atoms with E-state index >= 15 is 0 Å². The monoisotopic (exact) mass is 209 g/mol. The Hall–Kier alpha value is -0.870. The van der Waals surface area contributed by atoms with Crippen molar-refractivity contribution in [2.24, 2.45) is 5.92 Å². The van der Waals surface area contributed by atoms with Crippen LogP contribution in [0.5, 0.6) is 0 Å². The van der Waals surface area contributed by atoms with E-state index in [-0.39, 0.29) is 0 Å². The lowest BCUT2D eigenvalue weighted by Gasteiger charge is -2.20. The van der Waals surface area contributed by atoms with Crippen molar-refractivity contribution in [2.75, 3.05) is 20.1 Å². The molecular weight excluding hydrogens is 190 g/mol. The SMILES string of the molecule is CNCc1cnc(CC2CCNCC2)o1. The van der Waals surface area contributed by atoms with Gasteiger partial charge < -0.3 is 15.1 Å². The molecule has 15 heavy (non-hydrogen) atoms. The van der Waals surface area contributed by atoms with Crippen molar-refractivity contribution in [2.45, 2.75) is 25.8 Å². The van der Waals surface area contributed by atoms with Crippen LogP contribution in [0.3, 0.4) is 0 Å².